The van der Waals surface area contributed by atoms with E-state index < -0.39 is 0 Å². The van der Waals surface area contributed by atoms with Gasteiger partial charge in [-0.25, -0.2) is 0 Å². The molecule has 2 rings (SSSR count). The van der Waals surface area contributed by atoms with E-state index in [4.69, 9.17) is 5.73 Å². The van der Waals surface area contributed by atoms with E-state index in [2.05, 4.69) is 5.32 Å². The number of nitrogens with one attached hydrogen (secondary N) is 1. The molecule has 0 aliphatic carbocycles. The quantitative estimate of drug-likeness (QED) is 0.732. The van der Waals surface area contributed by atoms with Gasteiger partial charge in [0.25, 0.3) is 0 Å². The number of hydrogen-bond donors (Lipinski definition) is 2. The van der Waals surface area contributed by atoms with Crippen LogP contribution in [0.15, 0.2) is 23.1 Å². The third kappa shape index (κ3) is 1.51. The summed E-state index contributed by atoms with van der Waals surface area (Å²) < 4.78 is 0. The number of benzene rings is 1. The molecule has 14 heavy (non-hydrogen) atoms. The van der Waals surface area contributed by atoms with E-state index in [1.54, 1.807) is 11.8 Å². The molecule has 4 heteroatoms. The number of carbonyl (C=O) groups is 1. The maximum Gasteiger partial charge on any atom is 0.239 e. The van der Waals surface area contributed by atoms with Gasteiger partial charge in [-0.15, -0.1) is 11.8 Å². The minimum Gasteiger partial charge on any atom is -0.329 e. The summed E-state index contributed by atoms with van der Waals surface area (Å²) in [6.07, 6.45) is 0. The lowest BCUT2D eigenvalue weighted by atomic mass is 10.2. The van der Waals surface area contributed by atoms with Crippen molar-refractivity contribution in [2.24, 2.45) is 5.73 Å². The summed E-state index contributed by atoms with van der Waals surface area (Å²) in [6, 6.07) is 5.99. The van der Waals surface area contributed by atoms with Crippen molar-refractivity contribution >= 4 is 23.4 Å². The fraction of sp³-hybridized carbons (Fsp3) is 0.300. The summed E-state index contributed by atoms with van der Waals surface area (Å²) >= 11 is 1.54. The van der Waals surface area contributed by atoms with Crippen molar-refractivity contribution in [2.75, 3.05) is 11.9 Å². The molecule has 1 aromatic carbocycles. The van der Waals surface area contributed by atoms with Crippen LogP contribution in [0, 0.1) is 6.92 Å². The van der Waals surface area contributed by atoms with Crippen LogP contribution in [0.4, 0.5) is 5.69 Å². The lowest BCUT2D eigenvalue weighted by Gasteiger charge is -2.24. The van der Waals surface area contributed by atoms with E-state index in [-0.39, 0.29) is 11.2 Å². The van der Waals surface area contributed by atoms with E-state index in [1.165, 1.54) is 0 Å². The molecule has 0 bridgehead atoms. The zero-order valence-corrected chi connectivity index (χ0v) is 8.73. The SMILES string of the molecule is Cc1cccc2c1NC(=O)C(CN)S2. The van der Waals surface area contributed by atoms with Crippen molar-refractivity contribution in [3.05, 3.63) is 23.8 Å². The average Bonchev–Trinajstić information content (AvgIpc) is 2.19. The number of carbonyl (C=O) groups excluding carboxylic acids is 1. The molecule has 1 heterocycles. The highest BCUT2D eigenvalue weighted by molar-refractivity contribution is 8.01. The number of para-hydroxylation sites is 1. The van der Waals surface area contributed by atoms with Crippen LogP contribution in [0.3, 0.4) is 0 Å². The first-order valence-corrected chi connectivity index (χ1v) is 5.37. The van der Waals surface area contributed by atoms with Crippen LogP contribution >= 0.6 is 11.8 Å². The molecule has 3 N–H and O–H groups in total. The van der Waals surface area contributed by atoms with E-state index in [0.29, 0.717) is 6.54 Å². The third-order valence-corrected chi connectivity index (χ3v) is 3.54. The molecule has 0 radical (unpaired) electrons. The Morgan fingerprint density at radius 2 is 2.36 bits per heavy atom. The molecule has 0 saturated heterocycles. The number of anilines is 1. The topological polar surface area (TPSA) is 55.1 Å². The summed E-state index contributed by atoms with van der Waals surface area (Å²) in [6.45, 7) is 2.37. The molecule has 0 aromatic heterocycles. The van der Waals surface area contributed by atoms with Gasteiger partial charge in [-0.3, -0.25) is 4.79 Å². The van der Waals surface area contributed by atoms with Crippen molar-refractivity contribution in [3.63, 3.8) is 0 Å². The molecule has 1 amide bonds. The van der Waals surface area contributed by atoms with Crippen molar-refractivity contribution in [1.29, 1.82) is 0 Å². The predicted molar refractivity (Wildman–Crippen MR) is 58.5 cm³/mol. The van der Waals surface area contributed by atoms with Crippen molar-refractivity contribution in [2.45, 2.75) is 17.1 Å². The molecule has 0 spiro atoms. The van der Waals surface area contributed by atoms with Crippen LogP contribution in [-0.4, -0.2) is 17.7 Å². The van der Waals surface area contributed by atoms with Crippen molar-refractivity contribution in [1.82, 2.24) is 0 Å². The Balaban J connectivity index is 2.40. The second-order valence-corrected chi connectivity index (χ2v) is 4.52. The fourth-order valence-electron chi connectivity index (χ4n) is 1.46. The summed E-state index contributed by atoms with van der Waals surface area (Å²) in [5.74, 6) is 0.0132. The van der Waals surface area contributed by atoms with E-state index in [0.717, 1.165) is 16.1 Å². The highest BCUT2D eigenvalue weighted by Gasteiger charge is 2.26. The van der Waals surface area contributed by atoms with E-state index in [1.807, 2.05) is 25.1 Å². The van der Waals surface area contributed by atoms with Gasteiger partial charge in [0.1, 0.15) is 5.25 Å². The largest absolute Gasteiger partial charge is 0.329 e. The summed E-state index contributed by atoms with van der Waals surface area (Å²) in [7, 11) is 0. The Labute approximate surface area is 87.1 Å². The number of thioether (sulfide) groups is 1. The maximum atomic E-state index is 11.5. The Hall–Kier alpha value is -1.000. The first-order chi connectivity index (χ1) is 6.72. The molecule has 1 aliphatic rings. The van der Waals surface area contributed by atoms with Crippen LogP contribution in [0.1, 0.15) is 5.56 Å². The van der Waals surface area contributed by atoms with Crippen LogP contribution in [0.2, 0.25) is 0 Å². The predicted octanol–water partition coefficient (Wildman–Crippen LogP) is 1.37. The van der Waals surface area contributed by atoms with E-state index >= 15 is 0 Å². The van der Waals surface area contributed by atoms with Gasteiger partial charge >= 0.3 is 0 Å². The van der Waals surface area contributed by atoms with Crippen LogP contribution in [0.25, 0.3) is 0 Å². The maximum absolute atomic E-state index is 11.5. The standard InChI is InChI=1S/C10H12N2OS/c1-6-3-2-4-7-9(6)12-10(13)8(5-11)14-7/h2-4,8H,5,11H2,1H3,(H,12,13). The molecule has 0 fully saturated rings. The number of amides is 1. The molecule has 1 unspecified atom stereocenters. The highest BCUT2D eigenvalue weighted by atomic mass is 32.2. The van der Waals surface area contributed by atoms with Crippen LogP contribution in [0.5, 0.6) is 0 Å². The molecular weight excluding hydrogens is 196 g/mol. The summed E-state index contributed by atoms with van der Waals surface area (Å²) in [4.78, 5) is 12.6. The highest BCUT2D eigenvalue weighted by Crippen LogP contribution is 2.36. The van der Waals surface area contributed by atoms with Gasteiger partial charge in [0.05, 0.1) is 5.69 Å². The number of nitrogens with two attached hydrogens (primary N) is 1. The fourth-order valence-corrected chi connectivity index (χ4v) is 2.52. The first kappa shape index (κ1) is 9.55. The van der Waals surface area contributed by atoms with Gasteiger partial charge in [-0.2, -0.15) is 0 Å². The second-order valence-electron chi connectivity index (χ2n) is 3.28. The summed E-state index contributed by atoms with van der Waals surface area (Å²) in [5.41, 5.74) is 7.54. The molecular formula is C10H12N2OS. The molecule has 3 nitrogen and oxygen atoms in total. The smallest absolute Gasteiger partial charge is 0.239 e. The lowest BCUT2D eigenvalue weighted by molar-refractivity contribution is -0.115. The minimum absolute atomic E-state index is 0.0132. The summed E-state index contributed by atoms with van der Waals surface area (Å²) in [5, 5.41) is 2.74. The van der Waals surface area contributed by atoms with E-state index in [9.17, 15) is 4.79 Å². The van der Waals surface area contributed by atoms with Crippen molar-refractivity contribution in [3.8, 4) is 0 Å². The molecule has 0 saturated carbocycles. The number of hydrogen-bond acceptors (Lipinski definition) is 3. The number of rotatable bonds is 1. The number of fused-ring (bicyclic) bond motifs is 1. The molecule has 1 aromatic rings. The van der Waals surface area contributed by atoms with Crippen LogP contribution < -0.4 is 11.1 Å². The van der Waals surface area contributed by atoms with Gasteiger partial charge in [0.2, 0.25) is 5.91 Å². The molecule has 1 atom stereocenters. The zero-order valence-electron chi connectivity index (χ0n) is 7.91. The van der Waals surface area contributed by atoms with Crippen molar-refractivity contribution < 1.29 is 4.79 Å². The number of aryl methyl sites for hydroxylation is 1. The minimum atomic E-state index is -0.149. The molecule has 1 aliphatic heterocycles. The zero-order chi connectivity index (χ0) is 10.1. The third-order valence-electron chi connectivity index (χ3n) is 2.26. The average molecular weight is 208 g/mol. The Bertz CT molecular complexity index is 378. The Kier molecular flexibility index (Phi) is 2.48. The van der Waals surface area contributed by atoms with Crippen LogP contribution in [-0.2, 0) is 4.79 Å². The van der Waals surface area contributed by atoms with Gasteiger partial charge in [0, 0.05) is 11.4 Å². The first-order valence-electron chi connectivity index (χ1n) is 4.49. The Morgan fingerprint density at radius 1 is 1.57 bits per heavy atom. The van der Waals surface area contributed by atoms with Gasteiger partial charge < -0.3 is 11.1 Å². The Morgan fingerprint density at radius 3 is 3.07 bits per heavy atom. The second kappa shape index (κ2) is 3.63. The van der Waals surface area contributed by atoms with Gasteiger partial charge in [-0.1, -0.05) is 12.1 Å². The molecule has 74 valence electrons. The monoisotopic (exact) mass is 208 g/mol. The van der Waals surface area contributed by atoms with Gasteiger partial charge in [0.15, 0.2) is 0 Å². The lowest BCUT2D eigenvalue weighted by Crippen LogP contribution is -2.34. The van der Waals surface area contributed by atoms with Gasteiger partial charge in [-0.05, 0) is 18.6 Å². The normalized spacial score (nSPS) is 20.1.